The number of benzene rings is 3. The van der Waals surface area contributed by atoms with Crippen LogP contribution < -0.4 is 0 Å². The summed E-state index contributed by atoms with van der Waals surface area (Å²) in [5.41, 5.74) is 7.47. The van der Waals surface area contributed by atoms with Crippen molar-refractivity contribution in [2.75, 3.05) is 0 Å². The second kappa shape index (κ2) is 9.10. The average molecular weight is 463 g/mol. The number of nitrogens with one attached hydrogen (secondary N) is 2. The SMILES string of the molecule is Fc1n[nH]c2ccc(/C(=C(/c3ccccc3)C3CCC3)c3ccc(/C=C/c4nnn[nH]4)cc3)cc12. The Hall–Kier alpha value is -4.39. The molecule has 0 bridgehead atoms. The number of H-pyrrole nitrogens is 2. The van der Waals surface area contributed by atoms with E-state index >= 15 is 0 Å². The van der Waals surface area contributed by atoms with Crippen LogP contribution in [0.1, 0.15) is 47.3 Å². The molecule has 7 heteroatoms. The standard InChI is InChI=1S/C28H23FN6/c29-28-23-17-22(14-15-24(23)30-33-28)27(26(20-7-4-8-20)19-5-2-1-3-6-19)21-12-9-18(10-13-21)11-16-25-31-34-35-32-25/h1-3,5-6,9-17,20H,4,7-8H2,(H,30,33)(H,31,32,34,35)/b16-11+,27-26-. The number of tetrazole rings is 1. The summed E-state index contributed by atoms with van der Waals surface area (Å²) in [6.45, 7) is 0. The highest BCUT2D eigenvalue weighted by Gasteiger charge is 2.27. The van der Waals surface area contributed by atoms with Crippen molar-refractivity contribution in [3.05, 3.63) is 107 Å². The van der Waals surface area contributed by atoms with Crippen molar-refractivity contribution < 1.29 is 4.39 Å². The Morgan fingerprint density at radius 2 is 1.66 bits per heavy atom. The van der Waals surface area contributed by atoms with Gasteiger partial charge in [-0.05, 0) is 80.8 Å². The number of hydrogen-bond donors (Lipinski definition) is 2. The first-order valence-electron chi connectivity index (χ1n) is 11.7. The highest BCUT2D eigenvalue weighted by Crippen LogP contribution is 2.45. The number of nitrogens with zero attached hydrogens (tertiary/aromatic N) is 4. The molecule has 6 rings (SSSR count). The minimum Gasteiger partial charge on any atom is -0.275 e. The molecular formula is C28H23FN6. The maximum atomic E-state index is 14.4. The average Bonchev–Trinajstić information content (AvgIpc) is 3.52. The minimum absolute atomic E-state index is 0.468. The quantitative estimate of drug-likeness (QED) is 0.297. The Morgan fingerprint density at radius 3 is 2.37 bits per heavy atom. The summed E-state index contributed by atoms with van der Waals surface area (Å²) < 4.78 is 14.4. The lowest BCUT2D eigenvalue weighted by atomic mass is 9.73. The smallest absolute Gasteiger partial charge is 0.240 e. The zero-order valence-corrected chi connectivity index (χ0v) is 18.9. The van der Waals surface area contributed by atoms with Gasteiger partial charge in [0.05, 0.1) is 10.9 Å². The van der Waals surface area contributed by atoms with Gasteiger partial charge in [-0.15, -0.1) is 10.2 Å². The number of aromatic amines is 2. The Morgan fingerprint density at radius 1 is 0.857 bits per heavy atom. The molecule has 0 saturated heterocycles. The van der Waals surface area contributed by atoms with Crippen LogP contribution in [0.2, 0.25) is 0 Å². The highest BCUT2D eigenvalue weighted by molar-refractivity contribution is 6.01. The maximum Gasteiger partial charge on any atom is 0.240 e. The Balaban J connectivity index is 1.51. The van der Waals surface area contributed by atoms with Gasteiger partial charge in [-0.1, -0.05) is 73.2 Å². The molecule has 0 radical (unpaired) electrons. The number of hydrogen-bond acceptors (Lipinski definition) is 4. The van der Waals surface area contributed by atoms with Gasteiger partial charge in [-0.3, -0.25) is 5.10 Å². The Bertz CT molecular complexity index is 1510. The molecule has 0 aliphatic heterocycles. The lowest BCUT2D eigenvalue weighted by Gasteiger charge is -2.31. The third kappa shape index (κ3) is 4.17. The number of rotatable bonds is 6. The monoisotopic (exact) mass is 462 g/mol. The zero-order valence-electron chi connectivity index (χ0n) is 18.9. The second-order valence-electron chi connectivity index (χ2n) is 8.80. The summed E-state index contributed by atoms with van der Waals surface area (Å²) in [6, 6.07) is 24.8. The summed E-state index contributed by atoms with van der Waals surface area (Å²) in [5, 5.41) is 20.8. The van der Waals surface area contributed by atoms with E-state index in [-0.39, 0.29) is 0 Å². The van der Waals surface area contributed by atoms with E-state index in [1.165, 1.54) is 17.6 Å². The van der Waals surface area contributed by atoms with Gasteiger partial charge < -0.3 is 0 Å². The molecule has 1 aliphatic rings. The van der Waals surface area contributed by atoms with Crippen molar-refractivity contribution in [3.8, 4) is 0 Å². The lowest BCUT2D eigenvalue weighted by Crippen LogP contribution is -2.15. The van der Waals surface area contributed by atoms with Gasteiger partial charge >= 0.3 is 0 Å². The first kappa shape index (κ1) is 21.2. The Kier molecular flexibility index (Phi) is 5.50. The van der Waals surface area contributed by atoms with Crippen LogP contribution in [0.4, 0.5) is 4.39 Å². The van der Waals surface area contributed by atoms with Gasteiger partial charge in [0.1, 0.15) is 0 Å². The molecule has 172 valence electrons. The number of aromatic nitrogens is 6. The molecule has 0 atom stereocenters. The summed E-state index contributed by atoms with van der Waals surface area (Å²) in [7, 11) is 0. The topological polar surface area (TPSA) is 83.1 Å². The Labute approximate surface area is 201 Å². The van der Waals surface area contributed by atoms with Gasteiger partial charge in [-0.2, -0.15) is 4.39 Å². The van der Waals surface area contributed by atoms with E-state index in [2.05, 4.69) is 85.4 Å². The van der Waals surface area contributed by atoms with Crippen molar-refractivity contribution in [2.45, 2.75) is 19.3 Å². The molecule has 2 aromatic heterocycles. The van der Waals surface area contributed by atoms with Gasteiger partial charge in [0.15, 0.2) is 5.82 Å². The molecule has 6 nitrogen and oxygen atoms in total. The first-order chi connectivity index (χ1) is 17.3. The van der Waals surface area contributed by atoms with Crippen LogP contribution in [0.5, 0.6) is 0 Å². The van der Waals surface area contributed by atoms with Crippen molar-refractivity contribution >= 4 is 34.2 Å². The summed E-state index contributed by atoms with van der Waals surface area (Å²) in [5.74, 6) is 0.589. The van der Waals surface area contributed by atoms with Gasteiger partial charge in [-0.25, -0.2) is 5.10 Å². The van der Waals surface area contributed by atoms with Crippen LogP contribution in [0.3, 0.4) is 0 Å². The molecule has 2 heterocycles. The van der Waals surface area contributed by atoms with Crippen molar-refractivity contribution in [1.29, 1.82) is 0 Å². The number of allylic oxidation sites excluding steroid dienone is 1. The first-order valence-corrected chi connectivity index (χ1v) is 11.7. The molecular weight excluding hydrogens is 439 g/mol. The van der Waals surface area contributed by atoms with E-state index in [0.717, 1.165) is 35.1 Å². The molecule has 0 spiro atoms. The fourth-order valence-corrected chi connectivity index (χ4v) is 4.69. The van der Waals surface area contributed by atoms with E-state index in [9.17, 15) is 4.39 Å². The van der Waals surface area contributed by atoms with Crippen molar-refractivity contribution in [1.82, 2.24) is 30.8 Å². The van der Waals surface area contributed by atoms with Crippen molar-refractivity contribution in [2.24, 2.45) is 5.92 Å². The van der Waals surface area contributed by atoms with E-state index in [1.807, 2.05) is 30.4 Å². The van der Waals surface area contributed by atoms with E-state index in [1.54, 1.807) is 0 Å². The largest absolute Gasteiger partial charge is 0.275 e. The van der Waals surface area contributed by atoms with Gasteiger partial charge in [0, 0.05) is 0 Å². The number of fused-ring (bicyclic) bond motifs is 1. The summed E-state index contributed by atoms with van der Waals surface area (Å²) in [4.78, 5) is 0. The van der Waals surface area contributed by atoms with Crippen LogP contribution in [0.15, 0.2) is 72.8 Å². The third-order valence-electron chi connectivity index (χ3n) is 6.67. The van der Waals surface area contributed by atoms with Crippen LogP contribution in [0.25, 0.3) is 34.2 Å². The maximum absolute atomic E-state index is 14.4. The summed E-state index contributed by atoms with van der Waals surface area (Å²) >= 11 is 0. The molecule has 1 aliphatic carbocycles. The number of halogens is 1. The van der Waals surface area contributed by atoms with Crippen LogP contribution >= 0.6 is 0 Å². The fourth-order valence-electron chi connectivity index (χ4n) is 4.69. The minimum atomic E-state index is -0.478. The predicted molar refractivity (Wildman–Crippen MR) is 135 cm³/mol. The summed E-state index contributed by atoms with van der Waals surface area (Å²) in [6.07, 6.45) is 7.34. The van der Waals surface area contributed by atoms with Gasteiger partial charge in [0.2, 0.25) is 5.95 Å². The molecule has 0 unspecified atom stereocenters. The van der Waals surface area contributed by atoms with E-state index in [0.29, 0.717) is 22.6 Å². The van der Waals surface area contributed by atoms with Crippen LogP contribution in [-0.4, -0.2) is 30.8 Å². The normalized spacial score (nSPS) is 14.9. The second-order valence-corrected chi connectivity index (χ2v) is 8.80. The van der Waals surface area contributed by atoms with Gasteiger partial charge in [0.25, 0.3) is 0 Å². The molecule has 1 saturated carbocycles. The van der Waals surface area contributed by atoms with E-state index in [4.69, 9.17) is 0 Å². The van der Waals surface area contributed by atoms with Crippen LogP contribution in [0, 0.1) is 11.9 Å². The third-order valence-corrected chi connectivity index (χ3v) is 6.67. The highest BCUT2D eigenvalue weighted by atomic mass is 19.1. The molecule has 2 N–H and O–H groups in total. The van der Waals surface area contributed by atoms with Crippen LogP contribution in [-0.2, 0) is 0 Å². The van der Waals surface area contributed by atoms with Crippen molar-refractivity contribution in [3.63, 3.8) is 0 Å². The van der Waals surface area contributed by atoms with E-state index < -0.39 is 5.95 Å². The molecule has 1 fully saturated rings. The zero-order chi connectivity index (χ0) is 23.6. The lowest BCUT2D eigenvalue weighted by molar-refractivity contribution is 0.401. The molecule has 0 amide bonds. The molecule has 35 heavy (non-hydrogen) atoms. The predicted octanol–water partition coefficient (Wildman–Crippen LogP) is 6.14. The molecule has 3 aromatic carbocycles. The fraction of sp³-hybridized carbons (Fsp3) is 0.143. The molecule has 5 aromatic rings.